The topological polar surface area (TPSA) is 55.1 Å². The predicted octanol–water partition coefficient (Wildman–Crippen LogP) is 2.01. The molecule has 76 valence electrons. The first kappa shape index (κ1) is 9.95. The van der Waals surface area contributed by atoms with E-state index in [9.17, 15) is 4.79 Å². The van der Waals surface area contributed by atoms with E-state index in [0.29, 0.717) is 5.92 Å². The summed E-state index contributed by atoms with van der Waals surface area (Å²) in [5.74, 6) is -0.268. The molecule has 0 bridgehead atoms. The molecule has 0 amide bonds. The number of aromatic nitrogens is 2. The summed E-state index contributed by atoms with van der Waals surface area (Å²) in [6, 6.07) is -0.573. The molecular weight excluding hydrogens is 295 g/mol. The van der Waals surface area contributed by atoms with Crippen LogP contribution in [0.4, 0.5) is 0 Å². The van der Waals surface area contributed by atoms with Crippen LogP contribution < -0.4 is 0 Å². The maximum absolute atomic E-state index is 10.7. The van der Waals surface area contributed by atoms with Gasteiger partial charge >= 0.3 is 5.97 Å². The molecule has 5 heteroatoms. The van der Waals surface area contributed by atoms with Crippen molar-refractivity contribution >= 4 is 28.6 Å². The van der Waals surface area contributed by atoms with Crippen LogP contribution in [-0.4, -0.2) is 20.9 Å². The monoisotopic (exact) mass is 306 g/mol. The van der Waals surface area contributed by atoms with Crippen molar-refractivity contribution in [2.75, 3.05) is 0 Å². The van der Waals surface area contributed by atoms with E-state index in [1.165, 1.54) is 17.5 Å². The normalized spacial score (nSPS) is 18.1. The summed E-state index contributed by atoms with van der Waals surface area (Å²) in [6.45, 7) is 1.64. The summed E-state index contributed by atoms with van der Waals surface area (Å²) in [7, 11) is 0. The molecule has 1 aromatic heterocycles. The fraction of sp³-hybridized carbons (Fsp3) is 0.556. The summed E-state index contributed by atoms with van der Waals surface area (Å²) >= 11 is 2.22. The van der Waals surface area contributed by atoms with Crippen molar-refractivity contribution in [1.29, 1.82) is 0 Å². The Morgan fingerprint density at radius 2 is 2.43 bits per heavy atom. The number of hydrogen-bond acceptors (Lipinski definition) is 2. The molecule has 0 aliphatic heterocycles. The average molecular weight is 306 g/mol. The van der Waals surface area contributed by atoms with E-state index in [-0.39, 0.29) is 0 Å². The number of hydrogen-bond donors (Lipinski definition) is 1. The zero-order chi connectivity index (χ0) is 10.3. The third kappa shape index (κ3) is 1.77. The molecule has 1 atom stereocenters. The first-order chi connectivity index (χ1) is 6.59. The van der Waals surface area contributed by atoms with Crippen molar-refractivity contribution < 1.29 is 9.90 Å². The molecule has 1 aromatic rings. The summed E-state index contributed by atoms with van der Waals surface area (Å²) < 4.78 is 2.62. The number of halogens is 1. The Morgan fingerprint density at radius 3 is 2.93 bits per heavy atom. The lowest BCUT2D eigenvalue weighted by Gasteiger charge is -2.05. The minimum Gasteiger partial charge on any atom is -0.480 e. The second-order valence-corrected chi connectivity index (χ2v) is 4.79. The molecule has 0 aromatic carbocycles. The summed E-state index contributed by atoms with van der Waals surface area (Å²) in [4.78, 5) is 10.7. The maximum Gasteiger partial charge on any atom is 0.328 e. The van der Waals surface area contributed by atoms with E-state index >= 15 is 0 Å². The molecule has 1 saturated carbocycles. The second-order valence-electron chi connectivity index (χ2n) is 3.63. The van der Waals surface area contributed by atoms with Crippen LogP contribution >= 0.6 is 22.6 Å². The first-order valence-corrected chi connectivity index (χ1v) is 5.65. The van der Waals surface area contributed by atoms with Gasteiger partial charge in [-0.1, -0.05) is 0 Å². The fourth-order valence-electron chi connectivity index (χ4n) is 1.33. The van der Waals surface area contributed by atoms with Crippen molar-refractivity contribution in [2.24, 2.45) is 0 Å². The van der Waals surface area contributed by atoms with Crippen LogP contribution in [0.2, 0.25) is 0 Å². The Labute approximate surface area is 95.4 Å². The van der Waals surface area contributed by atoms with Gasteiger partial charge in [0.1, 0.15) is 6.04 Å². The molecule has 0 saturated heterocycles. The number of aliphatic carboxylic acids is 1. The van der Waals surface area contributed by atoms with Gasteiger partial charge in [0.15, 0.2) is 0 Å². The highest BCUT2D eigenvalue weighted by Crippen LogP contribution is 2.41. The Morgan fingerprint density at radius 1 is 1.79 bits per heavy atom. The average Bonchev–Trinajstić information content (AvgIpc) is 2.89. The molecule has 2 rings (SSSR count). The van der Waals surface area contributed by atoms with E-state index in [0.717, 1.165) is 9.26 Å². The molecule has 1 fully saturated rings. The highest BCUT2D eigenvalue weighted by Gasteiger charge is 2.29. The zero-order valence-electron chi connectivity index (χ0n) is 7.77. The van der Waals surface area contributed by atoms with Crippen LogP contribution in [0.1, 0.15) is 37.4 Å². The van der Waals surface area contributed by atoms with Crippen LogP contribution in [-0.2, 0) is 4.79 Å². The maximum atomic E-state index is 10.7. The quantitative estimate of drug-likeness (QED) is 0.869. The van der Waals surface area contributed by atoms with E-state index in [1.54, 1.807) is 6.92 Å². The molecule has 0 radical (unpaired) electrons. The summed E-state index contributed by atoms with van der Waals surface area (Å²) in [5, 5.41) is 13.1. The van der Waals surface area contributed by atoms with Crippen LogP contribution in [0.25, 0.3) is 0 Å². The highest BCUT2D eigenvalue weighted by molar-refractivity contribution is 14.1. The number of rotatable bonds is 3. The van der Waals surface area contributed by atoms with Crippen molar-refractivity contribution in [3.63, 3.8) is 0 Å². The molecule has 1 aliphatic rings. The number of carboxylic acid groups (broad SMARTS) is 1. The SMILES string of the molecule is CC(C(=O)O)n1cc(I)c(C2CC2)n1. The number of carbonyl (C=O) groups is 1. The van der Waals surface area contributed by atoms with Crippen LogP contribution in [0, 0.1) is 3.57 Å². The molecule has 14 heavy (non-hydrogen) atoms. The lowest BCUT2D eigenvalue weighted by atomic mass is 10.3. The Bertz CT molecular complexity index is 371. The van der Waals surface area contributed by atoms with Gasteiger partial charge in [0.2, 0.25) is 0 Å². The lowest BCUT2D eigenvalue weighted by molar-refractivity contribution is -0.140. The van der Waals surface area contributed by atoms with Gasteiger partial charge in [-0.3, -0.25) is 4.68 Å². The Kier molecular flexibility index (Phi) is 2.50. The van der Waals surface area contributed by atoms with E-state index in [1.807, 2.05) is 6.20 Å². The van der Waals surface area contributed by atoms with Crippen LogP contribution in [0.5, 0.6) is 0 Å². The van der Waals surface area contributed by atoms with E-state index < -0.39 is 12.0 Å². The van der Waals surface area contributed by atoms with Crippen LogP contribution in [0.3, 0.4) is 0 Å². The molecule has 1 heterocycles. The molecule has 1 aliphatic carbocycles. The van der Waals surface area contributed by atoms with Crippen molar-refractivity contribution in [3.05, 3.63) is 15.5 Å². The van der Waals surface area contributed by atoms with Gasteiger partial charge < -0.3 is 5.11 Å². The molecule has 1 unspecified atom stereocenters. The van der Waals surface area contributed by atoms with Crippen LogP contribution in [0.15, 0.2) is 6.20 Å². The van der Waals surface area contributed by atoms with E-state index in [4.69, 9.17) is 5.11 Å². The predicted molar refractivity (Wildman–Crippen MR) is 59.3 cm³/mol. The first-order valence-electron chi connectivity index (χ1n) is 4.57. The second kappa shape index (κ2) is 3.52. The number of nitrogens with zero attached hydrogens (tertiary/aromatic N) is 2. The molecule has 0 spiro atoms. The summed E-state index contributed by atoms with van der Waals surface area (Å²) in [5.41, 5.74) is 1.07. The third-order valence-corrected chi connectivity index (χ3v) is 3.26. The van der Waals surface area contributed by atoms with E-state index in [2.05, 4.69) is 27.7 Å². The van der Waals surface area contributed by atoms with Gasteiger partial charge in [-0.2, -0.15) is 5.10 Å². The van der Waals surface area contributed by atoms with Gasteiger partial charge in [-0.25, -0.2) is 4.79 Å². The number of carboxylic acids is 1. The van der Waals surface area contributed by atoms with Gasteiger partial charge in [-0.15, -0.1) is 0 Å². The fourth-order valence-corrected chi connectivity index (χ4v) is 2.16. The minimum absolute atomic E-state index is 0.573. The standard InChI is InChI=1S/C9H11IN2O2/c1-5(9(13)14)12-4-7(10)8(11-12)6-2-3-6/h4-6H,2-3H2,1H3,(H,13,14). The van der Waals surface area contributed by atoms with Gasteiger partial charge in [-0.05, 0) is 42.4 Å². The molecule has 4 nitrogen and oxygen atoms in total. The summed E-state index contributed by atoms with van der Waals surface area (Å²) in [6.07, 6.45) is 4.19. The zero-order valence-corrected chi connectivity index (χ0v) is 9.93. The highest BCUT2D eigenvalue weighted by atomic mass is 127. The Balaban J connectivity index is 2.27. The molecular formula is C9H11IN2O2. The van der Waals surface area contributed by atoms with Gasteiger partial charge in [0.25, 0.3) is 0 Å². The largest absolute Gasteiger partial charge is 0.480 e. The molecule has 1 N–H and O–H groups in total. The van der Waals surface area contributed by atoms with Gasteiger partial charge in [0.05, 0.1) is 9.26 Å². The smallest absolute Gasteiger partial charge is 0.328 e. The lowest BCUT2D eigenvalue weighted by Crippen LogP contribution is -2.16. The third-order valence-electron chi connectivity index (χ3n) is 2.43. The minimum atomic E-state index is -0.841. The van der Waals surface area contributed by atoms with Crippen molar-refractivity contribution in [1.82, 2.24) is 9.78 Å². The van der Waals surface area contributed by atoms with Crippen molar-refractivity contribution in [3.8, 4) is 0 Å². The van der Waals surface area contributed by atoms with Gasteiger partial charge in [0, 0.05) is 12.1 Å². The van der Waals surface area contributed by atoms with Crippen molar-refractivity contribution in [2.45, 2.75) is 31.7 Å². The Hall–Kier alpha value is -0.590.